The van der Waals surface area contributed by atoms with Crippen LogP contribution < -0.4 is 16.0 Å². The number of hydrogen-bond acceptors (Lipinski definition) is 6. The summed E-state index contributed by atoms with van der Waals surface area (Å²) in [5, 5.41) is 16.8. The lowest BCUT2D eigenvalue weighted by Crippen LogP contribution is -2.71. The third-order valence-corrected chi connectivity index (χ3v) is 7.31. The van der Waals surface area contributed by atoms with Crippen molar-refractivity contribution in [2.75, 3.05) is 13.1 Å². The number of carbonyl (C=O) groups is 5. The molecule has 3 aliphatic rings. The zero-order valence-electron chi connectivity index (χ0n) is 17.4. The largest absolute Gasteiger partial charge is 0.480 e. The number of β-lactam (4-membered cyclic amide) rings is 1. The number of fused-ring (bicyclic) bond motifs is 1. The van der Waals surface area contributed by atoms with E-state index in [1.807, 2.05) is 0 Å². The number of carbonyl (C=O) groups excluding carboxylic acids is 4. The molecule has 0 saturated carbocycles. The molecular formula is C20H23N5O6S. The molecule has 0 unspecified atom stereocenters. The van der Waals surface area contributed by atoms with E-state index in [1.165, 1.54) is 16.7 Å². The van der Waals surface area contributed by atoms with Gasteiger partial charge < -0.3 is 26.0 Å². The molecule has 3 heterocycles. The summed E-state index contributed by atoms with van der Waals surface area (Å²) >= 11 is 1.31. The first-order chi connectivity index (χ1) is 15.1. The molecule has 170 valence electrons. The highest BCUT2D eigenvalue weighted by molar-refractivity contribution is 8.01. The Balaban J connectivity index is 1.51. The highest BCUT2D eigenvalue weighted by Crippen LogP contribution is 2.50. The molecule has 4 rings (SSSR count). The first-order valence-corrected chi connectivity index (χ1v) is 10.9. The van der Waals surface area contributed by atoms with E-state index in [1.54, 1.807) is 44.2 Å². The average molecular weight is 462 g/mol. The molecular weight excluding hydrogens is 438 g/mol. The highest BCUT2D eigenvalue weighted by atomic mass is 32.2. The van der Waals surface area contributed by atoms with Crippen molar-refractivity contribution in [2.24, 2.45) is 0 Å². The molecule has 1 aromatic carbocycles. The monoisotopic (exact) mass is 461 g/mol. The SMILES string of the molecule is CC1(C)S[C@H]2[C@@H](NC(=O)[C@H](NC(=O)N3CCNC3=O)c3ccccc3)C(=O)N2[C@@H]1C(=O)O. The molecule has 6 amide bonds. The molecule has 4 atom stereocenters. The summed E-state index contributed by atoms with van der Waals surface area (Å²) in [7, 11) is 0. The number of nitrogens with one attached hydrogen (secondary N) is 3. The maximum absolute atomic E-state index is 13.1. The maximum Gasteiger partial charge on any atom is 0.327 e. The van der Waals surface area contributed by atoms with Gasteiger partial charge >= 0.3 is 18.0 Å². The molecule has 11 nitrogen and oxygen atoms in total. The van der Waals surface area contributed by atoms with Gasteiger partial charge in [-0.2, -0.15) is 0 Å². The fourth-order valence-electron chi connectivity index (χ4n) is 4.19. The van der Waals surface area contributed by atoms with Gasteiger partial charge in [0.15, 0.2) is 0 Å². The maximum atomic E-state index is 13.1. The van der Waals surface area contributed by atoms with Crippen LogP contribution in [0.15, 0.2) is 30.3 Å². The number of carboxylic acid groups (broad SMARTS) is 1. The lowest BCUT2D eigenvalue weighted by molar-refractivity contribution is -0.161. The van der Waals surface area contributed by atoms with Crippen LogP contribution in [-0.4, -0.2) is 80.0 Å². The second-order valence-corrected chi connectivity index (χ2v) is 10.0. The van der Waals surface area contributed by atoms with E-state index in [2.05, 4.69) is 16.0 Å². The van der Waals surface area contributed by atoms with Gasteiger partial charge in [0.25, 0.3) is 0 Å². The normalized spacial score (nSPS) is 26.6. The Kier molecular flexibility index (Phi) is 5.49. The van der Waals surface area contributed by atoms with Crippen LogP contribution in [0, 0.1) is 0 Å². The molecule has 0 bridgehead atoms. The first-order valence-electron chi connectivity index (χ1n) is 10.1. The molecule has 3 fully saturated rings. The van der Waals surface area contributed by atoms with Crippen molar-refractivity contribution in [1.82, 2.24) is 25.8 Å². The van der Waals surface area contributed by atoms with Crippen LogP contribution in [0.1, 0.15) is 25.5 Å². The molecule has 32 heavy (non-hydrogen) atoms. The van der Waals surface area contributed by atoms with Crippen LogP contribution in [0.25, 0.3) is 0 Å². The standard InChI is InChI=1S/C20H23N5O6S/c1-20(2)13(17(28)29)25-15(27)12(16(25)32-20)22-14(26)11(10-6-4-3-5-7-10)23-19(31)24-9-8-21-18(24)30/h3-7,11-13,16H,8-9H2,1-2H3,(H,21,30)(H,22,26)(H,23,31)(H,28,29)/t11-,12+,13-,16+/m1/s1. The Hall–Kier alpha value is -3.28. The quantitative estimate of drug-likeness (QED) is 0.454. The Labute approximate surface area is 187 Å². The zero-order chi connectivity index (χ0) is 23.2. The van der Waals surface area contributed by atoms with Gasteiger partial charge in [-0.15, -0.1) is 11.8 Å². The second-order valence-electron chi connectivity index (χ2n) is 8.26. The van der Waals surface area contributed by atoms with Crippen molar-refractivity contribution in [3.05, 3.63) is 35.9 Å². The van der Waals surface area contributed by atoms with Crippen molar-refractivity contribution in [2.45, 2.75) is 42.1 Å². The number of urea groups is 2. The summed E-state index contributed by atoms with van der Waals surface area (Å²) in [4.78, 5) is 64.2. The van der Waals surface area contributed by atoms with E-state index in [0.29, 0.717) is 12.1 Å². The number of carboxylic acids is 1. The van der Waals surface area contributed by atoms with Crippen molar-refractivity contribution >= 4 is 41.6 Å². The molecule has 0 radical (unpaired) electrons. The van der Waals surface area contributed by atoms with E-state index in [9.17, 15) is 29.1 Å². The number of nitrogens with zero attached hydrogens (tertiary/aromatic N) is 2. The van der Waals surface area contributed by atoms with Crippen LogP contribution in [0.3, 0.4) is 0 Å². The average Bonchev–Trinajstić information content (AvgIpc) is 3.29. The summed E-state index contributed by atoms with van der Waals surface area (Å²) in [5.74, 6) is -2.20. The van der Waals surface area contributed by atoms with Crippen LogP contribution >= 0.6 is 11.8 Å². The van der Waals surface area contributed by atoms with E-state index in [-0.39, 0.29) is 6.54 Å². The van der Waals surface area contributed by atoms with Gasteiger partial charge in [0, 0.05) is 17.8 Å². The summed E-state index contributed by atoms with van der Waals surface area (Å²) in [6.45, 7) is 3.98. The summed E-state index contributed by atoms with van der Waals surface area (Å²) in [6.07, 6.45) is 0. The number of imide groups is 1. The minimum Gasteiger partial charge on any atom is -0.480 e. The molecule has 4 N–H and O–H groups in total. The fourth-order valence-corrected chi connectivity index (χ4v) is 5.82. The van der Waals surface area contributed by atoms with Crippen LogP contribution in [0.5, 0.6) is 0 Å². The minimum absolute atomic E-state index is 0.175. The van der Waals surface area contributed by atoms with Gasteiger partial charge in [-0.3, -0.25) is 9.59 Å². The van der Waals surface area contributed by atoms with Gasteiger partial charge in [-0.1, -0.05) is 30.3 Å². The van der Waals surface area contributed by atoms with E-state index < -0.39 is 58.1 Å². The minimum atomic E-state index is -1.14. The van der Waals surface area contributed by atoms with Gasteiger partial charge in [-0.05, 0) is 19.4 Å². The number of thioether (sulfide) groups is 1. The van der Waals surface area contributed by atoms with Gasteiger partial charge in [0.1, 0.15) is 23.5 Å². The Bertz CT molecular complexity index is 986. The van der Waals surface area contributed by atoms with Crippen LogP contribution in [-0.2, 0) is 14.4 Å². The Morgan fingerprint density at radius 2 is 1.91 bits per heavy atom. The lowest BCUT2D eigenvalue weighted by atomic mass is 9.95. The Morgan fingerprint density at radius 3 is 2.50 bits per heavy atom. The highest BCUT2D eigenvalue weighted by Gasteiger charge is 2.64. The second kappa shape index (κ2) is 8.01. The van der Waals surface area contributed by atoms with Crippen LogP contribution in [0.4, 0.5) is 9.59 Å². The van der Waals surface area contributed by atoms with Crippen molar-refractivity contribution in [1.29, 1.82) is 0 Å². The summed E-state index contributed by atoms with van der Waals surface area (Å²) in [5.41, 5.74) is 0.476. The Morgan fingerprint density at radius 1 is 1.22 bits per heavy atom. The van der Waals surface area contributed by atoms with E-state index in [0.717, 1.165) is 4.90 Å². The molecule has 1 aromatic rings. The lowest BCUT2D eigenvalue weighted by Gasteiger charge is -2.44. The third kappa shape index (κ3) is 3.64. The van der Waals surface area contributed by atoms with Gasteiger partial charge in [0.05, 0.1) is 0 Å². The summed E-state index contributed by atoms with van der Waals surface area (Å²) in [6, 6.07) is 4.14. The van der Waals surface area contributed by atoms with Crippen LogP contribution in [0.2, 0.25) is 0 Å². The van der Waals surface area contributed by atoms with E-state index >= 15 is 0 Å². The molecule has 0 aliphatic carbocycles. The number of benzene rings is 1. The van der Waals surface area contributed by atoms with Gasteiger partial charge in [-0.25, -0.2) is 19.3 Å². The smallest absolute Gasteiger partial charge is 0.327 e. The summed E-state index contributed by atoms with van der Waals surface area (Å²) < 4.78 is -0.720. The number of hydrogen-bond donors (Lipinski definition) is 4. The number of amides is 6. The molecule has 0 spiro atoms. The van der Waals surface area contributed by atoms with Crippen molar-refractivity contribution < 1.29 is 29.1 Å². The van der Waals surface area contributed by atoms with Crippen molar-refractivity contribution in [3.8, 4) is 0 Å². The number of aliphatic carboxylic acids is 1. The first kappa shape index (κ1) is 21.9. The predicted molar refractivity (Wildman–Crippen MR) is 113 cm³/mol. The van der Waals surface area contributed by atoms with E-state index in [4.69, 9.17) is 0 Å². The topological polar surface area (TPSA) is 148 Å². The third-order valence-electron chi connectivity index (χ3n) is 5.74. The molecule has 0 aromatic heterocycles. The molecule has 12 heteroatoms. The molecule has 3 aliphatic heterocycles. The number of rotatable bonds is 5. The zero-order valence-corrected chi connectivity index (χ0v) is 18.2. The fraction of sp³-hybridized carbons (Fsp3) is 0.450. The van der Waals surface area contributed by atoms with Crippen molar-refractivity contribution in [3.63, 3.8) is 0 Å². The van der Waals surface area contributed by atoms with Gasteiger partial charge in [0.2, 0.25) is 11.8 Å². The predicted octanol–water partition coefficient (Wildman–Crippen LogP) is 0.0942. The molecule has 3 saturated heterocycles.